The van der Waals surface area contributed by atoms with Crippen LogP contribution >= 0.6 is 0 Å². The lowest BCUT2D eigenvalue weighted by atomic mass is 9.78. The van der Waals surface area contributed by atoms with E-state index in [4.69, 9.17) is 23.7 Å². The number of hydrogen-bond donors (Lipinski definition) is 1. The van der Waals surface area contributed by atoms with E-state index >= 15 is 0 Å². The van der Waals surface area contributed by atoms with Crippen LogP contribution in [0.4, 0.5) is 0 Å². The number of hydrogen-bond acceptors (Lipinski definition) is 8. The quantitative estimate of drug-likeness (QED) is 0.433. The number of esters is 2. The molecule has 0 amide bonds. The van der Waals surface area contributed by atoms with Crippen LogP contribution in [0.3, 0.4) is 0 Å². The molecule has 2 atom stereocenters. The molecular formula is C24H30O8. The van der Waals surface area contributed by atoms with Crippen LogP contribution in [0.5, 0.6) is 23.0 Å². The molecule has 0 saturated carbocycles. The molecule has 0 aliphatic heterocycles. The monoisotopic (exact) mass is 446 g/mol. The van der Waals surface area contributed by atoms with Crippen molar-refractivity contribution in [3.05, 3.63) is 47.5 Å². The van der Waals surface area contributed by atoms with Gasteiger partial charge in [0, 0.05) is 20.5 Å². The third kappa shape index (κ3) is 5.70. The number of rotatable bonds is 10. The van der Waals surface area contributed by atoms with Gasteiger partial charge in [-0.25, -0.2) is 0 Å². The van der Waals surface area contributed by atoms with Crippen LogP contribution in [0.25, 0.3) is 0 Å². The number of phenols is 1. The predicted octanol–water partition coefficient (Wildman–Crippen LogP) is 3.93. The summed E-state index contributed by atoms with van der Waals surface area (Å²) < 4.78 is 27.5. The Morgan fingerprint density at radius 1 is 0.969 bits per heavy atom. The molecule has 2 aromatic carbocycles. The van der Waals surface area contributed by atoms with Gasteiger partial charge in [0.1, 0.15) is 12.2 Å². The third-order valence-corrected chi connectivity index (χ3v) is 5.16. The number of carbonyl (C=O) groups is 2. The van der Waals surface area contributed by atoms with Gasteiger partial charge in [0.15, 0.2) is 23.0 Å². The Morgan fingerprint density at radius 3 is 2.22 bits per heavy atom. The summed E-state index contributed by atoms with van der Waals surface area (Å²) in [4.78, 5) is 23.1. The molecule has 2 unspecified atom stereocenters. The highest BCUT2D eigenvalue weighted by atomic mass is 16.6. The minimum atomic E-state index is -0.973. The molecule has 8 heteroatoms. The van der Waals surface area contributed by atoms with Gasteiger partial charge in [-0.2, -0.15) is 0 Å². The van der Waals surface area contributed by atoms with Crippen molar-refractivity contribution in [2.75, 3.05) is 27.4 Å². The fourth-order valence-corrected chi connectivity index (χ4v) is 3.59. The summed E-state index contributed by atoms with van der Waals surface area (Å²) in [6.07, 6.45) is 0. The molecule has 0 radical (unpaired) electrons. The fraction of sp³-hybridized carbons (Fsp3) is 0.417. The van der Waals surface area contributed by atoms with E-state index in [0.29, 0.717) is 23.7 Å². The number of ether oxygens (including phenoxy) is 5. The summed E-state index contributed by atoms with van der Waals surface area (Å²) in [5, 5.41) is 10.0. The Morgan fingerprint density at radius 2 is 1.66 bits per heavy atom. The summed E-state index contributed by atoms with van der Waals surface area (Å²) in [5.74, 6) is -0.446. The van der Waals surface area contributed by atoms with Crippen LogP contribution in [0.1, 0.15) is 44.7 Å². The average Bonchev–Trinajstić information content (AvgIpc) is 2.74. The minimum absolute atomic E-state index is 0.000891. The van der Waals surface area contributed by atoms with E-state index in [1.807, 2.05) is 13.8 Å². The maximum Gasteiger partial charge on any atom is 0.308 e. The van der Waals surface area contributed by atoms with Gasteiger partial charge in [0.05, 0.1) is 20.1 Å². The van der Waals surface area contributed by atoms with Gasteiger partial charge in [-0.3, -0.25) is 9.59 Å². The summed E-state index contributed by atoms with van der Waals surface area (Å²) in [6.45, 7) is 6.78. The first-order valence-electron chi connectivity index (χ1n) is 10.2. The van der Waals surface area contributed by atoms with Gasteiger partial charge < -0.3 is 28.8 Å². The Hall–Kier alpha value is -3.26. The Kier molecular flexibility index (Phi) is 8.48. The third-order valence-electron chi connectivity index (χ3n) is 5.16. The second-order valence-corrected chi connectivity index (χ2v) is 7.29. The van der Waals surface area contributed by atoms with E-state index in [2.05, 4.69) is 0 Å². The van der Waals surface area contributed by atoms with Gasteiger partial charge in [0.2, 0.25) is 0 Å². The van der Waals surface area contributed by atoms with Crippen LogP contribution in [-0.4, -0.2) is 44.5 Å². The highest BCUT2D eigenvalue weighted by Crippen LogP contribution is 2.44. The maximum absolute atomic E-state index is 11.6. The zero-order valence-electron chi connectivity index (χ0n) is 19.3. The van der Waals surface area contributed by atoms with Gasteiger partial charge in [-0.15, -0.1) is 0 Å². The largest absolute Gasteiger partial charge is 0.504 e. The van der Waals surface area contributed by atoms with Crippen LogP contribution in [0.2, 0.25) is 0 Å². The SMILES string of the molecule is CCOC(C)(c1ccc(O)c(OC)c1)C(COC(C)=O)c1ccc(OC(C)=O)c(OC)c1. The van der Waals surface area contributed by atoms with E-state index in [1.54, 1.807) is 30.3 Å². The van der Waals surface area contributed by atoms with Gasteiger partial charge in [-0.1, -0.05) is 12.1 Å². The molecular weight excluding hydrogens is 416 g/mol. The van der Waals surface area contributed by atoms with Crippen molar-refractivity contribution in [1.29, 1.82) is 0 Å². The molecule has 0 aliphatic rings. The van der Waals surface area contributed by atoms with E-state index in [9.17, 15) is 14.7 Å². The summed E-state index contributed by atoms with van der Waals surface area (Å²) in [6, 6.07) is 10.1. The second kappa shape index (κ2) is 10.9. The van der Waals surface area contributed by atoms with Gasteiger partial charge in [0.25, 0.3) is 0 Å². The predicted molar refractivity (Wildman–Crippen MR) is 117 cm³/mol. The van der Waals surface area contributed by atoms with Crippen molar-refractivity contribution in [3.8, 4) is 23.0 Å². The highest BCUT2D eigenvalue weighted by molar-refractivity contribution is 5.70. The number of benzene rings is 2. The molecule has 174 valence electrons. The number of methoxy groups -OCH3 is 2. The van der Waals surface area contributed by atoms with Crippen LogP contribution in [0, 0.1) is 0 Å². The van der Waals surface area contributed by atoms with Crippen molar-refractivity contribution in [2.24, 2.45) is 0 Å². The lowest BCUT2D eigenvalue weighted by Gasteiger charge is -2.38. The van der Waals surface area contributed by atoms with Crippen molar-refractivity contribution in [3.63, 3.8) is 0 Å². The first-order valence-corrected chi connectivity index (χ1v) is 10.2. The maximum atomic E-state index is 11.6. The van der Waals surface area contributed by atoms with Crippen LogP contribution in [-0.2, 0) is 24.7 Å². The van der Waals surface area contributed by atoms with Gasteiger partial charge >= 0.3 is 11.9 Å². The van der Waals surface area contributed by atoms with Crippen molar-refractivity contribution in [1.82, 2.24) is 0 Å². The number of carbonyl (C=O) groups excluding carboxylic acids is 2. The average molecular weight is 446 g/mol. The molecule has 0 saturated heterocycles. The molecule has 2 aromatic rings. The van der Waals surface area contributed by atoms with Gasteiger partial charge in [-0.05, 0) is 49.2 Å². The molecule has 0 aromatic heterocycles. The minimum Gasteiger partial charge on any atom is -0.504 e. The Balaban J connectivity index is 2.64. The van der Waals surface area contributed by atoms with E-state index in [0.717, 1.165) is 5.56 Å². The smallest absolute Gasteiger partial charge is 0.308 e. The summed E-state index contributed by atoms with van der Waals surface area (Å²) >= 11 is 0. The highest BCUT2D eigenvalue weighted by Gasteiger charge is 2.40. The van der Waals surface area contributed by atoms with Crippen molar-refractivity contribution >= 4 is 11.9 Å². The number of phenolic OH excluding ortho intramolecular Hbond substituents is 1. The Bertz CT molecular complexity index is 955. The van der Waals surface area contributed by atoms with E-state index in [1.165, 1.54) is 34.1 Å². The molecule has 0 heterocycles. The number of aromatic hydroxyl groups is 1. The first kappa shape index (κ1) is 25.0. The fourth-order valence-electron chi connectivity index (χ4n) is 3.59. The molecule has 0 aliphatic carbocycles. The van der Waals surface area contributed by atoms with Crippen molar-refractivity contribution < 1.29 is 38.4 Å². The first-order chi connectivity index (χ1) is 15.2. The van der Waals surface area contributed by atoms with Crippen LogP contribution in [0.15, 0.2) is 36.4 Å². The molecule has 0 bridgehead atoms. The normalized spacial score (nSPS) is 13.6. The zero-order valence-corrected chi connectivity index (χ0v) is 19.3. The molecule has 8 nitrogen and oxygen atoms in total. The van der Waals surface area contributed by atoms with Crippen molar-refractivity contribution in [2.45, 2.75) is 39.2 Å². The summed E-state index contributed by atoms with van der Waals surface area (Å²) in [5.41, 5.74) is 0.482. The van der Waals surface area contributed by atoms with E-state index in [-0.39, 0.29) is 18.1 Å². The topological polar surface area (TPSA) is 101 Å². The zero-order chi connectivity index (χ0) is 23.9. The summed E-state index contributed by atoms with van der Waals surface area (Å²) in [7, 11) is 2.94. The van der Waals surface area contributed by atoms with Crippen LogP contribution < -0.4 is 14.2 Å². The van der Waals surface area contributed by atoms with E-state index < -0.39 is 23.5 Å². The molecule has 2 rings (SSSR count). The standard InChI is InChI=1S/C24H30O8/c1-7-31-24(4,18-9-10-20(27)22(13-18)28-5)19(14-30-15(2)25)17-8-11-21(32-16(3)26)23(12-17)29-6/h8-13,19,27H,7,14H2,1-6H3. The molecule has 0 fully saturated rings. The lowest BCUT2D eigenvalue weighted by molar-refractivity contribution is -0.145. The molecule has 0 spiro atoms. The second-order valence-electron chi connectivity index (χ2n) is 7.29. The lowest BCUT2D eigenvalue weighted by Crippen LogP contribution is -2.37. The Labute approximate surface area is 188 Å². The molecule has 32 heavy (non-hydrogen) atoms. The molecule has 1 N–H and O–H groups in total.